The lowest BCUT2D eigenvalue weighted by Crippen LogP contribution is -2.06. The SMILES string of the molecule is CNCc1ccccc1Oc1ccc([N+](=O)[O-])cc1C. The molecule has 0 radical (unpaired) electrons. The Morgan fingerprint density at radius 2 is 1.95 bits per heavy atom. The molecule has 2 aromatic rings. The number of nitrogens with one attached hydrogen (secondary N) is 1. The van der Waals surface area contributed by atoms with E-state index >= 15 is 0 Å². The second-order valence-electron chi connectivity index (χ2n) is 4.45. The molecule has 0 atom stereocenters. The maximum absolute atomic E-state index is 10.7. The fraction of sp³-hybridized carbons (Fsp3) is 0.200. The molecule has 0 heterocycles. The topological polar surface area (TPSA) is 64.4 Å². The number of hydrogen-bond donors (Lipinski definition) is 1. The molecule has 104 valence electrons. The van der Waals surface area contributed by atoms with Crippen LogP contribution in [0, 0.1) is 17.0 Å². The highest BCUT2D eigenvalue weighted by molar-refractivity contribution is 5.46. The predicted molar refractivity (Wildman–Crippen MR) is 77.1 cm³/mol. The van der Waals surface area contributed by atoms with Gasteiger partial charge in [-0.15, -0.1) is 0 Å². The molecule has 0 bridgehead atoms. The number of rotatable bonds is 5. The third kappa shape index (κ3) is 3.13. The van der Waals surface area contributed by atoms with E-state index in [0.29, 0.717) is 12.3 Å². The van der Waals surface area contributed by atoms with Crippen molar-refractivity contribution in [3.63, 3.8) is 0 Å². The lowest BCUT2D eigenvalue weighted by molar-refractivity contribution is -0.384. The molecule has 0 aromatic heterocycles. The number of nitro groups is 1. The second-order valence-corrected chi connectivity index (χ2v) is 4.45. The molecule has 0 saturated carbocycles. The van der Waals surface area contributed by atoms with Crippen LogP contribution in [0.5, 0.6) is 11.5 Å². The zero-order valence-electron chi connectivity index (χ0n) is 11.4. The molecule has 2 aromatic carbocycles. The van der Waals surface area contributed by atoms with Gasteiger partial charge in [-0.25, -0.2) is 0 Å². The molecule has 0 unspecified atom stereocenters. The second kappa shape index (κ2) is 6.16. The van der Waals surface area contributed by atoms with Gasteiger partial charge in [0.2, 0.25) is 0 Å². The minimum absolute atomic E-state index is 0.0679. The highest BCUT2D eigenvalue weighted by Crippen LogP contribution is 2.30. The fourth-order valence-corrected chi connectivity index (χ4v) is 1.92. The van der Waals surface area contributed by atoms with Crippen molar-refractivity contribution in [3.05, 3.63) is 63.7 Å². The van der Waals surface area contributed by atoms with E-state index < -0.39 is 4.92 Å². The molecule has 0 aliphatic heterocycles. The van der Waals surface area contributed by atoms with Crippen LogP contribution in [0.15, 0.2) is 42.5 Å². The van der Waals surface area contributed by atoms with Crippen LogP contribution in [0.2, 0.25) is 0 Å². The number of ether oxygens (including phenoxy) is 1. The van der Waals surface area contributed by atoms with Crippen molar-refractivity contribution in [2.45, 2.75) is 13.5 Å². The Bertz CT molecular complexity index is 626. The standard InChI is InChI=1S/C15H16N2O3/c1-11-9-13(17(18)19)7-8-14(11)20-15-6-4-3-5-12(15)10-16-2/h3-9,16H,10H2,1-2H3. The van der Waals surface area contributed by atoms with E-state index in [1.165, 1.54) is 12.1 Å². The number of non-ortho nitro benzene ring substituents is 1. The summed E-state index contributed by atoms with van der Waals surface area (Å²) >= 11 is 0. The van der Waals surface area contributed by atoms with Crippen molar-refractivity contribution >= 4 is 5.69 Å². The van der Waals surface area contributed by atoms with Gasteiger partial charge in [0.05, 0.1) is 4.92 Å². The minimum atomic E-state index is -0.411. The molecule has 20 heavy (non-hydrogen) atoms. The largest absolute Gasteiger partial charge is 0.457 e. The van der Waals surface area contributed by atoms with Crippen LogP contribution in [0.25, 0.3) is 0 Å². The van der Waals surface area contributed by atoms with Gasteiger partial charge < -0.3 is 10.1 Å². The zero-order chi connectivity index (χ0) is 14.5. The van der Waals surface area contributed by atoms with Crippen molar-refractivity contribution in [2.24, 2.45) is 0 Å². The number of hydrogen-bond acceptors (Lipinski definition) is 4. The molecule has 2 rings (SSSR count). The summed E-state index contributed by atoms with van der Waals surface area (Å²) in [4.78, 5) is 10.3. The molecule has 0 aliphatic rings. The third-order valence-corrected chi connectivity index (χ3v) is 2.93. The van der Waals surface area contributed by atoms with Crippen LogP contribution in [0.1, 0.15) is 11.1 Å². The van der Waals surface area contributed by atoms with Gasteiger partial charge in [-0.3, -0.25) is 10.1 Å². The first-order valence-electron chi connectivity index (χ1n) is 6.27. The summed E-state index contributed by atoms with van der Waals surface area (Å²) in [6.45, 7) is 2.49. The molecule has 0 spiro atoms. The number of benzene rings is 2. The summed E-state index contributed by atoms with van der Waals surface area (Å²) in [5, 5.41) is 13.8. The van der Waals surface area contributed by atoms with Gasteiger partial charge >= 0.3 is 0 Å². The molecule has 0 aliphatic carbocycles. The number of para-hydroxylation sites is 1. The highest BCUT2D eigenvalue weighted by atomic mass is 16.6. The van der Waals surface area contributed by atoms with Crippen molar-refractivity contribution < 1.29 is 9.66 Å². The van der Waals surface area contributed by atoms with Crippen LogP contribution in [-0.2, 0) is 6.54 Å². The first-order valence-corrected chi connectivity index (χ1v) is 6.27. The maximum atomic E-state index is 10.7. The van der Waals surface area contributed by atoms with E-state index in [1.54, 1.807) is 13.0 Å². The number of nitro benzene ring substituents is 1. The Labute approximate surface area is 117 Å². The van der Waals surface area contributed by atoms with Crippen molar-refractivity contribution in [2.75, 3.05) is 7.05 Å². The van der Waals surface area contributed by atoms with Gasteiger partial charge in [-0.2, -0.15) is 0 Å². The zero-order valence-corrected chi connectivity index (χ0v) is 11.4. The molecule has 5 nitrogen and oxygen atoms in total. The summed E-state index contributed by atoms with van der Waals surface area (Å²) in [6, 6.07) is 12.3. The van der Waals surface area contributed by atoms with E-state index in [4.69, 9.17) is 4.74 Å². The van der Waals surface area contributed by atoms with E-state index in [9.17, 15) is 10.1 Å². The van der Waals surface area contributed by atoms with Gasteiger partial charge in [-0.05, 0) is 31.7 Å². The smallest absolute Gasteiger partial charge is 0.269 e. The molecular formula is C15H16N2O3. The summed E-state index contributed by atoms with van der Waals surface area (Å²) in [5.74, 6) is 1.37. The average molecular weight is 272 g/mol. The number of nitrogens with zero attached hydrogens (tertiary/aromatic N) is 1. The Morgan fingerprint density at radius 3 is 2.60 bits per heavy atom. The molecule has 1 N–H and O–H groups in total. The van der Waals surface area contributed by atoms with E-state index in [0.717, 1.165) is 16.9 Å². The van der Waals surface area contributed by atoms with Crippen molar-refractivity contribution in [1.29, 1.82) is 0 Å². The third-order valence-electron chi connectivity index (χ3n) is 2.93. The van der Waals surface area contributed by atoms with Gasteiger partial charge in [0.15, 0.2) is 0 Å². The summed E-state index contributed by atoms with van der Waals surface area (Å²) < 4.78 is 5.86. The monoisotopic (exact) mass is 272 g/mol. The quantitative estimate of drug-likeness (QED) is 0.669. The van der Waals surface area contributed by atoms with Crippen LogP contribution in [0.4, 0.5) is 5.69 Å². The Morgan fingerprint density at radius 1 is 1.20 bits per heavy atom. The maximum Gasteiger partial charge on any atom is 0.269 e. The van der Waals surface area contributed by atoms with Crippen LogP contribution < -0.4 is 10.1 Å². The molecular weight excluding hydrogens is 256 g/mol. The Kier molecular flexibility index (Phi) is 4.32. The molecule has 0 fully saturated rings. The summed E-state index contributed by atoms with van der Waals surface area (Å²) in [6.07, 6.45) is 0. The van der Waals surface area contributed by atoms with Crippen molar-refractivity contribution in [1.82, 2.24) is 5.32 Å². The first kappa shape index (κ1) is 14.0. The van der Waals surface area contributed by atoms with Crippen molar-refractivity contribution in [3.8, 4) is 11.5 Å². The van der Waals surface area contributed by atoms with Gasteiger partial charge in [0.1, 0.15) is 11.5 Å². The number of aryl methyl sites for hydroxylation is 1. The lowest BCUT2D eigenvalue weighted by atomic mass is 10.2. The van der Waals surface area contributed by atoms with Crippen LogP contribution in [-0.4, -0.2) is 12.0 Å². The van der Waals surface area contributed by atoms with E-state index in [2.05, 4.69) is 5.32 Å². The molecule has 0 saturated heterocycles. The predicted octanol–water partition coefficient (Wildman–Crippen LogP) is 3.41. The summed E-state index contributed by atoms with van der Waals surface area (Å²) in [7, 11) is 1.87. The fourth-order valence-electron chi connectivity index (χ4n) is 1.92. The van der Waals surface area contributed by atoms with E-state index in [-0.39, 0.29) is 5.69 Å². The summed E-state index contributed by atoms with van der Waals surface area (Å²) in [5.41, 5.74) is 1.84. The molecule has 0 amide bonds. The van der Waals surface area contributed by atoms with Gasteiger partial charge in [0.25, 0.3) is 5.69 Å². The Hall–Kier alpha value is -2.40. The molecule has 5 heteroatoms. The minimum Gasteiger partial charge on any atom is -0.457 e. The van der Waals surface area contributed by atoms with Gasteiger partial charge in [0, 0.05) is 24.2 Å². The van der Waals surface area contributed by atoms with Crippen LogP contribution >= 0.6 is 0 Å². The average Bonchev–Trinajstić information content (AvgIpc) is 2.43. The highest BCUT2D eigenvalue weighted by Gasteiger charge is 2.10. The van der Waals surface area contributed by atoms with E-state index in [1.807, 2.05) is 31.3 Å². The Balaban J connectivity index is 2.28. The normalized spacial score (nSPS) is 10.3. The lowest BCUT2D eigenvalue weighted by Gasteiger charge is -2.12. The first-order chi connectivity index (χ1) is 9.61. The van der Waals surface area contributed by atoms with Crippen LogP contribution in [0.3, 0.4) is 0 Å². The van der Waals surface area contributed by atoms with Gasteiger partial charge in [-0.1, -0.05) is 18.2 Å².